The zero-order chi connectivity index (χ0) is 13.9. The number of sulfonamides is 1. The summed E-state index contributed by atoms with van der Waals surface area (Å²) >= 11 is 0. The third kappa shape index (κ3) is 3.17. The Kier molecular flexibility index (Phi) is 4.62. The summed E-state index contributed by atoms with van der Waals surface area (Å²) in [6, 6.07) is 2.89. The first-order valence-electron chi connectivity index (χ1n) is 6.50. The van der Waals surface area contributed by atoms with Crippen LogP contribution in [0.3, 0.4) is 0 Å². The Hall–Kier alpha value is -0.890. The Balaban J connectivity index is 2.05. The molecule has 7 heteroatoms. The highest BCUT2D eigenvalue weighted by atomic mass is 32.2. The Morgan fingerprint density at radius 2 is 1.95 bits per heavy atom. The van der Waals surface area contributed by atoms with Crippen molar-refractivity contribution in [1.29, 1.82) is 0 Å². The standard InChI is InChI=1S/C12H20N2O4S/c1-2-5-13-6-8-14(9-7-13)19(16,17)12-4-3-11(10-15)18-12/h3-4,15H,2,5-10H2,1H3. The first-order chi connectivity index (χ1) is 9.07. The highest BCUT2D eigenvalue weighted by molar-refractivity contribution is 7.89. The molecule has 6 nitrogen and oxygen atoms in total. The molecule has 2 rings (SSSR count). The summed E-state index contributed by atoms with van der Waals surface area (Å²) in [6.07, 6.45) is 1.07. The van der Waals surface area contributed by atoms with Crippen LogP contribution < -0.4 is 0 Å². The molecule has 1 aliphatic rings. The molecule has 1 N–H and O–H groups in total. The van der Waals surface area contributed by atoms with Gasteiger partial charge in [-0.15, -0.1) is 0 Å². The van der Waals surface area contributed by atoms with E-state index in [2.05, 4.69) is 11.8 Å². The highest BCUT2D eigenvalue weighted by Gasteiger charge is 2.30. The quantitative estimate of drug-likeness (QED) is 0.853. The molecule has 0 spiro atoms. The van der Waals surface area contributed by atoms with Crippen LogP contribution in [0.4, 0.5) is 0 Å². The van der Waals surface area contributed by atoms with E-state index in [-0.39, 0.29) is 17.5 Å². The number of piperazine rings is 1. The lowest BCUT2D eigenvalue weighted by atomic mass is 10.3. The van der Waals surface area contributed by atoms with Crippen molar-refractivity contribution < 1.29 is 17.9 Å². The van der Waals surface area contributed by atoms with Crippen molar-refractivity contribution in [2.45, 2.75) is 25.0 Å². The largest absolute Gasteiger partial charge is 0.446 e. The van der Waals surface area contributed by atoms with Gasteiger partial charge in [-0.3, -0.25) is 0 Å². The van der Waals surface area contributed by atoms with Crippen LogP contribution in [0.15, 0.2) is 21.6 Å². The maximum Gasteiger partial charge on any atom is 0.276 e. The van der Waals surface area contributed by atoms with Crippen molar-refractivity contribution >= 4 is 10.0 Å². The van der Waals surface area contributed by atoms with Crippen LogP contribution in [0, 0.1) is 0 Å². The van der Waals surface area contributed by atoms with E-state index in [0.29, 0.717) is 13.1 Å². The monoisotopic (exact) mass is 288 g/mol. The molecule has 1 saturated heterocycles. The van der Waals surface area contributed by atoms with Gasteiger partial charge < -0.3 is 14.4 Å². The van der Waals surface area contributed by atoms with Gasteiger partial charge in [0.2, 0.25) is 5.09 Å². The van der Waals surface area contributed by atoms with E-state index >= 15 is 0 Å². The summed E-state index contributed by atoms with van der Waals surface area (Å²) in [5, 5.41) is 8.83. The molecular weight excluding hydrogens is 268 g/mol. The second-order valence-corrected chi connectivity index (χ2v) is 6.49. The lowest BCUT2D eigenvalue weighted by molar-refractivity contribution is 0.185. The van der Waals surface area contributed by atoms with Crippen LogP contribution in [0.1, 0.15) is 19.1 Å². The van der Waals surface area contributed by atoms with Crippen LogP contribution in [-0.4, -0.2) is 55.5 Å². The summed E-state index contributed by atoms with van der Waals surface area (Å²) in [6.45, 7) is 5.29. The number of rotatable bonds is 5. The number of aliphatic hydroxyl groups excluding tert-OH is 1. The number of aliphatic hydroxyl groups is 1. The van der Waals surface area contributed by atoms with Gasteiger partial charge in [-0.05, 0) is 25.1 Å². The van der Waals surface area contributed by atoms with Crippen LogP contribution in [-0.2, 0) is 16.6 Å². The van der Waals surface area contributed by atoms with Crippen LogP contribution in [0.25, 0.3) is 0 Å². The van der Waals surface area contributed by atoms with Crippen molar-refractivity contribution in [1.82, 2.24) is 9.21 Å². The molecule has 0 aliphatic carbocycles. The molecule has 0 radical (unpaired) electrons. The van der Waals surface area contributed by atoms with Crippen molar-refractivity contribution in [3.05, 3.63) is 17.9 Å². The lowest BCUT2D eigenvalue weighted by Gasteiger charge is -2.33. The van der Waals surface area contributed by atoms with Crippen molar-refractivity contribution in [2.75, 3.05) is 32.7 Å². The molecule has 1 aromatic rings. The average molecular weight is 288 g/mol. The fourth-order valence-electron chi connectivity index (χ4n) is 2.22. The van der Waals surface area contributed by atoms with Gasteiger partial charge in [0, 0.05) is 26.2 Å². The van der Waals surface area contributed by atoms with Gasteiger partial charge in [-0.25, -0.2) is 8.42 Å². The second kappa shape index (κ2) is 6.04. The Morgan fingerprint density at radius 3 is 2.47 bits per heavy atom. The summed E-state index contributed by atoms with van der Waals surface area (Å²) in [4.78, 5) is 2.26. The molecule has 0 aromatic carbocycles. The summed E-state index contributed by atoms with van der Waals surface area (Å²) in [5.74, 6) is 0.267. The first-order valence-corrected chi connectivity index (χ1v) is 7.94. The molecule has 0 saturated carbocycles. The zero-order valence-electron chi connectivity index (χ0n) is 11.1. The molecule has 0 bridgehead atoms. The van der Waals surface area contributed by atoms with Crippen LogP contribution in [0.5, 0.6) is 0 Å². The summed E-state index contributed by atoms with van der Waals surface area (Å²) in [5.41, 5.74) is 0. The minimum Gasteiger partial charge on any atom is -0.446 e. The lowest BCUT2D eigenvalue weighted by Crippen LogP contribution is -2.48. The Bertz CT molecular complexity index is 504. The molecule has 1 fully saturated rings. The molecule has 108 valence electrons. The van der Waals surface area contributed by atoms with Crippen molar-refractivity contribution in [3.63, 3.8) is 0 Å². The van der Waals surface area contributed by atoms with E-state index in [4.69, 9.17) is 9.52 Å². The van der Waals surface area contributed by atoms with Gasteiger partial charge in [0.25, 0.3) is 10.0 Å². The van der Waals surface area contributed by atoms with E-state index in [1.54, 1.807) is 0 Å². The maximum absolute atomic E-state index is 12.3. The predicted octanol–water partition coefficient (Wildman–Crippen LogP) is 0.488. The van der Waals surface area contributed by atoms with E-state index in [1.807, 2.05) is 0 Å². The normalized spacial score (nSPS) is 18.8. The number of hydrogen-bond acceptors (Lipinski definition) is 5. The van der Waals surface area contributed by atoms with Gasteiger partial charge in [-0.2, -0.15) is 4.31 Å². The number of furan rings is 1. The minimum atomic E-state index is -3.56. The second-order valence-electron chi connectivity index (χ2n) is 4.62. The Labute approximate surface area is 113 Å². The van der Waals surface area contributed by atoms with Gasteiger partial charge >= 0.3 is 0 Å². The van der Waals surface area contributed by atoms with Gasteiger partial charge in [-0.1, -0.05) is 6.92 Å². The Morgan fingerprint density at radius 1 is 1.26 bits per heavy atom. The van der Waals surface area contributed by atoms with Gasteiger partial charge in [0.1, 0.15) is 12.4 Å². The zero-order valence-corrected chi connectivity index (χ0v) is 11.9. The topological polar surface area (TPSA) is 74.0 Å². The fourth-order valence-corrected chi connectivity index (χ4v) is 3.57. The van der Waals surface area contributed by atoms with E-state index in [9.17, 15) is 8.42 Å². The van der Waals surface area contributed by atoms with E-state index in [0.717, 1.165) is 26.1 Å². The molecule has 2 heterocycles. The maximum atomic E-state index is 12.3. The molecule has 19 heavy (non-hydrogen) atoms. The van der Waals surface area contributed by atoms with E-state index in [1.165, 1.54) is 16.4 Å². The predicted molar refractivity (Wildman–Crippen MR) is 70.1 cm³/mol. The average Bonchev–Trinajstić information content (AvgIpc) is 2.89. The van der Waals surface area contributed by atoms with Crippen LogP contribution in [0.2, 0.25) is 0 Å². The molecule has 0 unspecified atom stereocenters. The molecule has 1 aromatic heterocycles. The van der Waals surface area contributed by atoms with E-state index < -0.39 is 10.0 Å². The number of hydrogen-bond donors (Lipinski definition) is 1. The summed E-state index contributed by atoms with van der Waals surface area (Å²) in [7, 11) is -3.56. The van der Waals surface area contributed by atoms with Crippen molar-refractivity contribution in [3.8, 4) is 0 Å². The van der Waals surface area contributed by atoms with Gasteiger partial charge in [0.15, 0.2) is 0 Å². The molecule has 0 atom stereocenters. The SMILES string of the molecule is CCCN1CCN(S(=O)(=O)c2ccc(CO)o2)CC1. The molecule has 1 aliphatic heterocycles. The molecule has 0 amide bonds. The van der Waals surface area contributed by atoms with Gasteiger partial charge in [0.05, 0.1) is 0 Å². The molecular formula is C12H20N2O4S. The van der Waals surface area contributed by atoms with Crippen LogP contribution >= 0.6 is 0 Å². The summed E-state index contributed by atoms with van der Waals surface area (Å²) < 4.78 is 31.2. The fraction of sp³-hybridized carbons (Fsp3) is 0.667. The first kappa shape index (κ1) is 14.5. The smallest absolute Gasteiger partial charge is 0.276 e. The third-order valence-electron chi connectivity index (χ3n) is 3.26. The van der Waals surface area contributed by atoms with Crippen molar-refractivity contribution in [2.24, 2.45) is 0 Å². The number of nitrogens with zero attached hydrogens (tertiary/aromatic N) is 2. The third-order valence-corrected chi connectivity index (χ3v) is 5.03. The highest BCUT2D eigenvalue weighted by Crippen LogP contribution is 2.20. The minimum absolute atomic E-state index is 0.0829.